The van der Waals surface area contributed by atoms with Crippen LogP contribution in [0.15, 0.2) is 40.6 Å². The monoisotopic (exact) mass is 371 g/mol. The first-order chi connectivity index (χ1) is 12.3. The van der Waals surface area contributed by atoms with Crippen LogP contribution in [0, 0.1) is 13.8 Å². The normalized spacial score (nSPS) is 11.2. The van der Waals surface area contributed by atoms with E-state index in [0.29, 0.717) is 16.6 Å². The number of rotatable bonds is 6. The van der Waals surface area contributed by atoms with Gasteiger partial charge >= 0.3 is 0 Å². The molecule has 0 fully saturated rings. The van der Waals surface area contributed by atoms with Crippen LogP contribution in [0.2, 0.25) is 0 Å². The number of aryl methyl sites for hydroxylation is 2. The molecule has 8 heteroatoms. The fourth-order valence-electron chi connectivity index (χ4n) is 2.13. The summed E-state index contributed by atoms with van der Waals surface area (Å²) < 4.78 is 0. The SMILES string of the molecule is CC(=O)Nc1ccc(/C(C)=N/NC(=O)CSc2nc(C)cc(C)n2)cc1. The average molecular weight is 371 g/mol. The fourth-order valence-corrected chi connectivity index (χ4v) is 2.87. The number of hydrogen-bond acceptors (Lipinski definition) is 6. The Kier molecular flexibility index (Phi) is 6.85. The smallest absolute Gasteiger partial charge is 0.250 e. The van der Waals surface area contributed by atoms with Crippen LogP contribution in [-0.4, -0.2) is 33.2 Å². The van der Waals surface area contributed by atoms with Gasteiger partial charge in [-0.1, -0.05) is 23.9 Å². The van der Waals surface area contributed by atoms with Crippen molar-refractivity contribution in [1.29, 1.82) is 0 Å². The molecule has 0 bridgehead atoms. The Balaban J connectivity index is 1.89. The van der Waals surface area contributed by atoms with Crippen LogP contribution < -0.4 is 10.7 Å². The van der Waals surface area contributed by atoms with Crippen molar-refractivity contribution in [2.45, 2.75) is 32.9 Å². The summed E-state index contributed by atoms with van der Waals surface area (Å²) in [6, 6.07) is 9.10. The Labute approximate surface area is 156 Å². The van der Waals surface area contributed by atoms with Crippen molar-refractivity contribution in [3.05, 3.63) is 47.3 Å². The maximum atomic E-state index is 12.0. The maximum Gasteiger partial charge on any atom is 0.250 e. The predicted octanol–water partition coefficient (Wildman–Crippen LogP) is 2.68. The summed E-state index contributed by atoms with van der Waals surface area (Å²) in [6.45, 7) is 7.04. The van der Waals surface area contributed by atoms with Crippen LogP contribution in [0.4, 0.5) is 5.69 Å². The van der Waals surface area contributed by atoms with Crippen molar-refractivity contribution in [1.82, 2.24) is 15.4 Å². The van der Waals surface area contributed by atoms with E-state index in [1.54, 1.807) is 19.1 Å². The summed E-state index contributed by atoms with van der Waals surface area (Å²) >= 11 is 1.27. The summed E-state index contributed by atoms with van der Waals surface area (Å²) in [4.78, 5) is 31.5. The number of anilines is 1. The van der Waals surface area contributed by atoms with Crippen molar-refractivity contribution in [3.63, 3.8) is 0 Å². The second-order valence-corrected chi connectivity index (χ2v) is 6.66. The van der Waals surface area contributed by atoms with Gasteiger partial charge in [-0.2, -0.15) is 5.10 Å². The minimum absolute atomic E-state index is 0.124. The topological polar surface area (TPSA) is 96.3 Å². The van der Waals surface area contributed by atoms with E-state index < -0.39 is 0 Å². The van der Waals surface area contributed by atoms with E-state index in [-0.39, 0.29) is 17.6 Å². The highest BCUT2D eigenvalue weighted by Gasteiger charge is 2.06. The first-order valence-electron chi connectivity index (χ1n) is 7.99. The molecule has 1 aromatic heterocycles. The Bertz CT molecular complexity index is 814. The standard InChI is InChI=1S/C18H21N5O2S/c1-11-9-12(2)20-18(19-11)26-10-17(25)23-22-13(3)15-5-7-16(8-6-15)21-14(4)24/h5-9H,10H2,1-4H3,(H,21,24)(H,23,25)/b22-13+. The number of benzene rings is 1. The van der Waals surface area contributed by atoms with Gasteiger partial charge in [0.25, 0.3) is 5.91 Å². The van der Waals surface area contributed by atoms with Gasteiger partial charge in [0.05, 0.1) is 11.5 Å². The van der Waals surface area contributed by atoms with E-state index in [4.69, 9.17) is 0 Å². The molecule has 0 atom stereocenters. The number of carbonyl (C=O) groups is 2. The molecular formula is C18H21N5O2S. The van der Waals surface area contributed by atoms with E-state index in [9.17, 15) is 9.59 Å². The molecule has 2 rings (SSSR count). The van der Waals surface area contributed by atoms with Gasteiger partial charge in [-0.05, 0) is 44.5 Å². The zero-order chi connectivity index (χ0) is 19.1. The molecule has 1 aromatic carbocycles. The molecule has 0 aliphatic heterocycles. The molecule has 136 valence electrons. The van der Waals surface area contributed by atoms with Gasteiger partial charge in [-0.3, -0.25) is 9.59 Å². The molecular weight excluding hydrogens is 350 g/mol. The number of nitrogens with zero attached hydrogens (tertiary/aromatic N) is 3. The number of hydrogen-bond donors (Lipinski definition) is 2. The van der Waals surface area contributed by atoms with E-state index in [2.05, 4.69) is 25.8 Å². The van der Waals surface area contributed by atoms with Crippen molar-refractivity contribution < 1.29 is 9.59 Å². The summed E-state index contributed by atoms with van der Waals surface area (Å²) in [5.74, 6) is -0.172. The minimum Gasteiger partial charge on any atom is -0.326 e. The summed E-state index contributed by atoms with van der Waals surface area (Å²) in [7, 11) is 0. The third-order valence-electron chi connectivity index (χ3n) is 3.27. The fraction of sp³-hybridized carbons (Fsp3) is 0.278. The van der Waals surface area contributed by atoms with Gasteiger partial charge < -0.3 is 5.32 Å². The number of amides is 2. The molecule has 0 spiro atoms. The highest BCUT2D eigenvalue weighted by atomic mass is 32.2. The molecule has 7 nitrogen and oxygen atoms in total. The molecule has 0 unspecified atom stereocenters. The Morgan fingerprint density at radius 3 is 2.27 bits per heavy atom. The number of aromatic nitrogens is 2. The quantitative estimate of drug-likeness (QED) is 0.352. The van der Waals surface area contributed by atoms with Crippen LogP contribution in [0.3, 0.4) is 0 Å². The minimum atomic E-state index is -0.230. The molecule has 0 radical (unpaired) electrons. The first-order valence-corrected chi connectivity index (χ1v) is 8.98. The molecule has 0 saturated carbocycles. The van der Waals surface area contributed by atoms with Crippen molar-refractivity contribution in [3.8, 4) is 0 Å². The van der Waals surface area contributed by atoms with Crippen molar-refractivity contribution in [2.24, 2.45) is 5.10 Å². The lowest BCUT2D eigenvalue weighted by Gasteiger charge is -2.05. The lowest BCUT2D eigenvalue weighted by Crippen LogP contribution is -2.21. The third kappa shape index (κ3) is 6.29. The predicted molar refractivity (Wildman–Crippen MR) is 103 cm³/mol. The van der Waals surface area contributed by atoms with Gasteiger partial charge in [-0.15, -0.1) is 0 Å². The summed E-state index contributed by atoms with van der Waals surface area (Å²) in [5.41, 5.74) is 6.50. The Hall–Kier alpha value is -2.74. The summed E-state index contributed by atoms with van der Waals surface area (Å²) in [6.07, 6.45) is 0. The maximum absolute atomic E-state index is 12.0. The molecule has 1 heterocycles. The number of thioether (sulfide) groups is 1. The third-order valence-corrected chi connectivity index (χ3v) is 4.11. The molecule has 2 N–H and O–H groups in total. The number of carbonyl (C=O) groups excluding carboxylic acids is 2. The highest BCUT2D eigenvalue weighted by molar-refractivity contribution is 7.99. The van der Waals surface area contributed by atoms with Crippen molar-refractivity contribution in [2.75, 3.05) is 11.1 Å². The lowest BCUT2D eigenvalue weighted by molar-refractivity contribution is -0.118. The van der Waals surface area contributed by atoms with E-state index >= 15 is 0 Å². The second-order valence-electron chi connectivity index (χ2n) is 5.71. The molecule has 0 aliphatic rings. The average Bonchev–Trinajstić information content (AvgIpc) is 2.57. The zero-order valence-corrected chi connectivity index (χ0v) is 16.0. The summed E-state index contributed by atoms with van der Waals surface area (Å²) in [5, 5.41) is 7.38. The van der Waals surface area contributed by atoms with E-state index in [1.165, 1.54) is 18.7 Å². The van der Waals surface area contributed by atoms with E-state index in [1.807, 2.05) is 32.0 Å². The van der Waals surface area contributed by atoms with Crippen LogP contribution in [-0.2, 0) is 9.59 Å². The van der Waals surface area contributed by atoms with E-state index in [0.717, 1.165) is 17.0 Å². The molecule has 26 heavy (non-hydrogen) atoms. The van der Waals surface area contributed by atoms with Crippen LogP contribution in [0.25, 0.3) is 0 Å². The zero-order valence-electron chi connectivity index (χ0n) is 15.2. The number of hydrazone groups is 1. The largest absolute Gasteiger partial charge is 0.326 e. The van der Waals surface area contributed by atoms with Gasteiger partial charge in [-0.25, -0.2) is 15.4 Å². The molecule has 2 amide bonds. The van der Waals surface area contributed by atoms with Gasteiger partial charge in [0.2, 0.25) is 5.91 Å². The molecule has 0 aliphatic carbocycles. The lowest BCUT2D eigenvalue weighted by atomic mass is 10.1. The first kappa shape index (κ1) is 19.6. The van der Waals surface area contributed by atoms with Crippen LogP contribution >= 0.6 is 11.8 Å². The number of nitrogens with one attached hydrogen (secondary N) is 2. The van der Waals surface area contributed by atoms with Crippen LogP contribution in [0.5, 0.6) is 0 Å². The Morgan fingerprint density at radius 2 is 1.69 bits per heavy atom. The van der Waals surface area contributed by atoms with Gasteiger partial charge in [0, 0.05) is 24.0 Å². The molecule has 0 saturated heterocycles. The second kappa shape index (κ2) is 9.10. The van der Waals surface area contributed by atoms with Crippen LogP contribution in [0.1, 0.15) is 30.8 Å². The highest BCUT2D eigenvalue weighted by Crippen LogP contribution is 2.14. The van der Waals surface area contributed by atoms with Gasteiger partial charge in [0.1, 0.15) is 0 Å². The molecule has 2 aromatic rings. The van der Waals surface area contributed by atoms with Crippen molar-refractivity contribution >= 4 is 35.0 Å². The Morgan fingerprint density at radius 1 is 1.08 bits per heavy atom. The van der Waals surface area contributed by atoms with Gasteiger partial charge in [0.15, 0.2) is 5.16 Å².